The molecule has 2 aromatic rings. The van der Waals surface area contributed by atoms with Gasteiger partial charge in [-0.15, -0.1) is 0 Å². The number of aromatic nitrogens is 1. The molecule has 0 saturated heterocycles. The minimum atomic E-state index is 0.488. The number of nitrogens with zero attached hydrogens (tertiary/aromatic N) is 1. The number of anilines is 1. The monoisotopic (exact) mass is 238 g/mol. The predicted molar refractivity (Wildman–Crippen MR) is 74.9 cm³/mol. The molecule has 1 aliphatic heterocycles. The third-order valence-corrected chi connectivity index (χ3v) is 3.59. The van der Waals surface area contributed by atoms with Crippen LogP contribution >= 0.6 is 0 Å². The lowest BCUT2D eigenvalue weighted by atomic mass is 10.1. The first-order valence-corrected chi connectivity index (χ1v) is 6.63. The van der Waals surface area contributed by atoms with Crippen LogP contribution in [-0.4, -0.2) is 11.0 Å². The number of para-hydroxylation sites is 1. The topological polar surface area (TPSA) is 24.9 Å². The van der Waals surface area contributed by atoms with Crippen LogP contribution in [0.15, 0.2) is 42.6 Å². The molecule has 1 aromatic heterocycles. The fraction of sp³-hybridized carbons (Fsp3) is 0.312. The average Bonchev–Trinajstić information content (AvgIpc) is 2.82. The van der Waals surface area contributed by atoms with Crippen molar-refractivity contribution in [3.05, 3.63) is 59.4 Å². The van der Waals surface area contributed by atoms with Crippen LogP contribution in [0.1, 0.15) is 23.7 Å². The molecule has 0 bridgehead atoms. The van der Waals surface area contributed by atoms with E-state index < -0.39 is 0 Å². The zero-order chi connectivity index (χ0) is 12.4. The second kappa shape index (κ2) is 4.81. The summed E-state index contributed by atoms with van der Waals surface area (Å²) in [6, 6.07) is 13.4. The van der Waals surface area contributed by atoms with Crippen LogP contribution in [0.5, 0.6) is 0 Å². The SMILES string of the molecule is CCc1ccc(CC2Cc3ccccc3N2)nc1. The second-order valence-electron chi connectivity index (χ2n) is 4.92. The first kappa shape index (κ1) is 11.3. The fourth-order valence-corrected chi connectivity index (χ4v) is 2.54. The van der Waals surface area contributed by atoms with Gasteiger partial charge in [-0.3, -0.25) is 4.98 Å². The van der Waals surface area contributed by atoms with Crippen molar-refractivity contribution in [2.75, 3.05) is 5.32 Å². The molecule has 0 saturated carbocycles. The Hall–Kier alpha value is -1.83. The summed E-state index contributed by atoms with van der Waals surface area (Å²) in [6.45, 7) is 2.16. The first-order valence-electron chi connectivity index (χ1n) is 6.63. The maximum atomic E-state index is 4.54. The first-order chi connectivity index (χ1) is 8.85. The molecule has 1 atom stereocenters. The van der Waals surface area contributed by atoms with Crippen molar-refractivity contribution in [2.24, 2.45) is 0 Å². The molecule has 1 aromatic carbocycles. The quantitative estimate of drug-likeness (QED) is 0.888. The predicted octanol–water partition coefficient (Wildman–Crippen LogP) is 3.22. The van der Waals surface area contributed by atoms with E-state index in [-0.39, 0.29) is 0 Å². The van der Waals surface area contributed by atoms with Gasteiger partial charge in [0.15, 0.2) is 0 Å². The summed E-state index contributed by atoms with van der Waals surface area (Å²) in [4.78, 5) is 4.54. The number of rotatable bonds is 3. The van der Waals surface area contributed by atoms with Crippen LogP contribution in [0, 0.1) is 0 Å². The Balaban J connectivity index is 1.68. The molecule has 1 N–H and O–H groups in total. The Bertz CT molecular complexity index is 506. The summed E-state index contributed by atoms with van der Waals surface area (Å²) in [6.07, 6.45) is 5.16. The highest BCUT2D eigenvalue weighted by molar-refractivity contribution is 5.56. The summed E-state index contributed by atoms with van der Waals surface area (Å²) in [5.41, 5.74) is 5.19. The molecule has 0 amide bonds. The molecule has 2 heteroatoms. The molecule has 3 rings (SSSR count). The van der Waals surface area contributed by atoms with Gasteiger partial charge in [-0.1, -0.05) is 31.2 Å². The summed E-state index contributed by atoms with van der Waals surface area (Å²) in [5, 5.41) is 3.57. The molecule has 92 valence electrons. The Morgan fingerprint density at radius 3 is 2.83 bits per heavy atom. The van der Waals surface area contributed by atoms with E-state index in [1.807, 2.05) is 6.20 Å². The minimum Gasteiger partial charge on any atom is -0.381 e. The van der Waals surface area contributed by atoms with E-state index in [0.717, 1.165) is 19.3 Å². The molecule has 18 heavy (non-hydrogen) atoms. The normalized spacial score (nSPS) is 17.3. The number of hydrogen-bond acceptors (Lipinski definition) is 2. The van der Waals surface area contributed by atoms with E-state index in [1.54, 1.807) is 0 Å². The zero-order valence-electron chi connectivity index (χ0n) is 10.7. The van der Waals surface area contributed by atoms with E-state index in [1.165, 1.54) is 22.5 Å². The Morgan fingerprint density at radius 2 is 2.11 bits per heavy atom. The summed E-state index contributed by atoms with van der Waals surface area (Å²) >= 11 is 0. The summed E-state index contributed by atoms with van der Waals surface area (Å²) < 4.78 is 0. The van der Waals surface area contributed by atoms with Gasteiger partial charge in [0.1, 0.15) is 0 Å². The van der Waals surface area contributed by atoms with Crippen molar-refractivity contribution in [3.63, 3.8) is 0 Å². The number of nitrogens with one attached hydrogen (secondary N) is 1. The summed E-state index contributed by atoms with van der Waals surface area (Å²) in [7, 11) is 0. The van der Waals surface area contributed by atoms with E-state index in [0.29, 0.717) is 6.04 Å². The zero-order valence-corrected chi connectivity index (χ0v) is 10.7. The number of fused-ring (bicyclic) bond motifs is 1. The van der Waals surface area contributed by atoms with Crippen LogP contribution in [0.25, 0.3) is 0 Å². The highest BCUT2D eigenvalue weighted by Gasteiger charge is 2.20. The lowest BCUT2D eigenvalue weighted by molar-refractivity contribution is 0.729. The standard InChI is InChI=1S/C16H18N2/c1-2-12-7-8-14(17-11-12)10-15-9-13-5-3-4-6-16(13)18-15/h3-8,11,15,18H,2,9-10H2,1H3. The minimum absolute atomic E-state index is 0.488. The van der Waals surface area contributed by atoms with Crippen molar-refractivity contribution < 1.29 is 0 Å². The third kappa shape index (κ3) is 2.23. The number of aryl methyl sites for hydroxylation is 1. The van der Waals surface area contributed by atoms with Crippen molar-refractivity contribution in [1.29, 1.82) is 0 Å². The molecule has 2 nitrogen and oxygen atoms in total. The number of hydrogen-bond donors (Lipinski definition) is 1. The van der Waals surface area contributed by atoms with E-state index in [2.05, 4.69) is 53.6 Å². The van der Waals surface area contributed by atoms with Gasteiger partial charge in [0.05, 0.1) is 0 Å². The van der Waals surface area contributed by atoms with Crippen LogP contribution < -0.4 is 5.32 Å². The van der Waals surface area contributed by atoms with Gasteiger partial charge in [0, 0.05) is 30.0 Å². The number of benzene rings is 1. The molecule has 1 unspecified atom stereocenters. The van der Waals surface area contributed by atoms with Crippen molar-refractivity contribution in [3.8, 4) is 0 Å². The molecular weight excluding hydrogens is 220 g/mol. The third-order valence-electron chi connectivity index (χ3n) is 3.59. The Morgan fingerprint density at radius 1 is 1.22 bits per heavy atom. The molecule has 0 spiro atoms. The van der Waals surface area contributed by atoms with Gasteiger partial charge < -0.3 is 5.32 Å². The average molecular weight is 238 g/mol. The smallest absolute Gasteiger partial charge is 0.0424 e. The summed E-state index contributed by atoms with van der Waals surface area (Å²) in [5.74, 6) is 0. The van der Waals surface area contributed by atoms with E-state index >= 15 is 0 Å². The van der Waals surface area contributed by atoms with Gasteiger partial charge >= 0.3 is 0 Å². The van der Waals surface area contributed by atoms with Gasteiger partial charge in [-0.2, -0.15) is 0 Å². The van der Waals surface area contributed by atoms with Gasteiger partial charge in [0.25, 0.3) is 0 Å². The van der Waals surface area contributed by atoms with Crippen molar-refractivity contribution in [1.82, 2.24) is 4.98 Å². The van der Waals surface area contributed by atoms with Gasteiger partial charge in [-0.25, -0.2) is 0 Å². The Kier molecular flexibility index (Phi) is 3.01. The van der Waals surface area contributed by atoms with Crippen LogP contribution in [-0.2, 0) is 19.3 Å². The second-order valence-corrected chi connectivity index (χ2v) is 4.92. The van der Waals surface area contributed by atoms with Gasteiger partial charge in [0.2, 0.25) is 0 Å². The molecule has 0 radical (unpaired) electrons. The molecule has 1 aliphatic rings. The maximum absolute atomic E-state index is 4.54. The highest BCUT2D eigenvalue weighted by Crippen LogP contribution is 2.26. The van der Waals surface area contributed by atoms with Crippen molar-refractivity contribution in [2.45, 2.75) is 32.2 Å². The Labute approximate surface area is 108 Å². The van der Waals surface area contributed by atoms with Crippen LogP contribution in [0.3, 0.4) is 0 Å². The fourth-order valence-electron chi connectivity index (χ4n) is 2.54. The lowest BCUT2D eigenvalue weighted by Crippen LogP contribution is -2.19. The number of pyridine rings is 1. The van der Waals surface area contributed by atoms with Crippen molar-refractivity contribution >= 4 is 5.69 Å². The van der Waals surface area contributed by atoms with Crippen LogP contribution in [0.4, 0.5) is 5.69 Å². The maximum Gasteiger partial charge on any atom is 0.0424 e. The molecule has 2 heterocycles. The largest absolute Gasteiger partial charge is 0.381 e. The lowest BCUT2D eigenvalue weighted by Gasteiger charge is -2.10. The molecular formula is C16H18N2. The van der Waals surface area contributed by atoms with E-state index in [4.69, 9.17) is 0 Å². The molecule has 0 aliphatic carbocycles. The van der Waals surface area contributed by atoms with Gasteiger partial charge in [-0.05, 0) is 36.1 Å². The highest BCUT2D eigenvalue weighted by atomic mass is 14.9. The van der Waals surface area contributed by atoms with Crippen LogP contribution in [0.2, 0.25) is 0 Å². The molecule has 0 fully saturated rings. The van der Waals surface area contributed by atoms with E-state index in [9.17, 15) is 0 Å².